The first-order valence-electron chi connectivity index (χ1n) is 5.70. The SMILES string of the molecule is Cn1cnc(CNC(=O)C2(C#N)CCCC2)n1. The Morgan fingerprint density at radius 2 is 2.35 bits per heavy atom. The van der Waals surface area contributed by atoms with Crippen molar-refractivity contribution in [3.8, 4) is 6.07 Å². The Balaban J connectivity index is 1.95. The molecule has 1 amide bonds. The van der Waals surface area contributed by atoms with Crippen molar-refractivity contribution in [3.05, 3.63) is 12.2 Å². The van der Waals surface area contributed by atoms with Crippen LogP contribution in [-0.2, 0) is 18.4 Å². The minimum Gasteiger partial charge on any atom is -0.347 e. The third-order valence-electron chi connectivity index (χ3n) is 3.16. The van der Waals surface area contributed by atoms with E-state index >= 15 is 0 Å². The Hall–Kier alpha value is -1.90. The van der Waals surface area contributed by atoms with E-state index in [0.29, 0.717) is 18.7 Å². The topological polar surface area (TPSA) is 83.6 Å². The minimum absolute atomic E-state index is 0.190. The van der Waals surface area contributed by atoms with Crippen LogP contribution < -0.4 is 5.32 Å². The summed E-state index contributed by atoms with van der Waals surface area (Å²) >= 11 is 0. The second kappa shape index (κ2) is 4.53. The highest BCUT2D eigenvalue weighted by molar-refractivity contribution is 5.85. The van der Waals surface area contributed by atoms with Crippen molar-refractivity contribution in [2.45, 2.75) is 32.2 Å². The van der Waals surface area contributed by atoms with Crippen LogP contribution in [0.3, 0.4) is 0 Å². The quantitative estimate of drug-likeness (QED) is 0.824. The highest BCUT2D eigenvalue weighted by Crippen LogP contribution is 2.37. The maximum Gasteiger partial charge on any atom is 0.240 e. The molecule has 1 aromatic rings. The van der Waals surface area contributed by atoms with Gasteiger partial charge in [0.1, 0.15) is 11.7 Å². The summed E-state index contributed by atoms with van der Waals surface area (Å²) in [5.41, 5.74) is -0.825. The zero-order chi connectivity index (χ0) is 12.3. The molecule has 2 rings (SSSR count). The van der Waals surface area contributed by atoms with Crippen LogP contribution in [0, 0.1) is 16.7 Å². The molecule has 6 heteroatoms. The highest BCUT2D eigenvalue weighted by atomic mass is 16.2. The predicted molar refractivity (Wildman–Crippen MR) is 59.4 cm³/mol. The van der Waals surface area contributed by atoms with Gasteiger partial charge in [-0.25, -0.2) is 4.98 Å². The fourth-order valence-corrected chi connectivity index (χ4v) is 2.16. The van der Waals surface area contributed by atoms with Gasteiger partial charge in [0.25, 0.3) is 0 Å². The Morgan fingerprint density at radius 3 is 2.88 bits per heavy atom. The number of carbonyl (C=O) groups excluding carboxylic acids is 1. The number of rotatable bonds is 3. The molecule has 0 atom stereocenters. The van der Waals surface area contributed by atoms with Crippen LogP contribution in [0.2, 0.25) is 0 Å². The summed E-state index contributed by atoms with van der Waals surface area (Å²) in [6, 6.07) is 2.16. The van der Waals surface area contributed by atoms with Crippen LogP contribution >= 0.6 is 0 Å². The summed E-state index contributed by atoms with van der Waals surface area (Å²) in [6.07, 6.45) is 4.79. The van der Waals surface area contributed by atoms with Gasteiger partial charge in [0, 0.05) is 7.05 Å². The van der Waals surface area contributed by atoms with E-state index in [0.717, 1.165) is 12.8 Å². The number of nitrogens with one attached hydrogen (secondary N) is 1. The highest BCUT2D eigenvalue weighted by Gasteiger charge is 2.41. The Bertz CT molecular complexity index is 453. The molecular weight excluding hydrogens is 218 g/mol. The first-order valence-corrected chi connectivity index (χ1v) is 5.70. The van der Waals surface area contributed by atoms with E-state index in [1.165, 1.54) is 0 Å². The number of aryl methyl sites for hydroxylation is 1. The molecule has 1 heterocycles. The number of hydrogen-bond acceptors (Lipinski definition) is 4. The number of aromatic nitrogens is 3. The second-order valence-electron chi connectivity index (χ2n) is 4.42. The molecule has 0 saturated heterocycles. The predicted octanol–water partition coefficient (Wildman–Crippen LogP) is 0.515. The van der Waals surface area contributed by atoms with Crippen LogP contribution in [0.15, 0.2) is 6.33 Å². The molecular formula is C11H15N5O. The molecule has 0 spiro atoms. The molecule has 0 unspecified atom stereocenters. The Morgan fingerprint density at radius 1 is 1.65 bits per heavy atom. The summed E-state index contributed by atoms with van der Waals surface area (Å²) in [6.45, 7) is 0.281. The normalized spacial score (nSPS) is 17.6. The van der Waals surface area contributed by atoms with E-state index < -0.39 is 5.41 Å². The van der Waals surface area contributed by atoms with Gasteiger partial charge in [-0.05, 0) is 12.8 Å². The first-order chi connectivity index (χ1) is 8.16. The van der Waals surface area contributed by atoms with Crippen LogP contribution in [0.5, 0.6) is 0 Å². The monoisotopic (exact) mass is 233 g/mol. The van der Waals surface area contributed by atoms with Gasteiger partial charge in [-0.2, -0.15) is 10.4 Å². The molecule has 1 saturated carbocycles. The average Bonchev–Trinajstić information content (AvgIpc) is 2.95. The van der Waals surface area contributed by atoms with E-state index in [-0.39, 0.29) is 12.5 Å². The van der Waals surface area contributed by atoms with E-state index in [1.807, 2.05) is 0 Å². The van der Waals surface area contributed by atoms with Crippen molar-refractivity contribution in [2.24, 2.45) is 12.5 Å². The van der Waals surface area contributed by atoms with E-state index in [2.05, 4.69) is 21.5 Å². The molecule has 1 aliphatic rings. The molecule has 0 bridgehead atoms. The van der Waals surface area contributed by atoms with Crippen molar-refractivity contribution in [3.63, 3.8) is 0 Å². The van der Waals surface area contributed by atoms with Crippen molar-refractivity contribution in [1.82, 2.24) is 20.1 Å². The number of hydrogen-bond donors (Lipinski definition) is 1. The fraction of sp³-hybridized carbons (Fsp3) is 0.636. The summed E-state index contributed by atoms with van der Waals surface area (Å²) in [7, 11) is 1.77. The molecule has 17 heavy (non-hydrogen) atoms. The first kappa shape index (κ1) is 11.6. The maximum atomic E-state index is 12.0. The van der Waals surface area contributed by atoms with Gasteiger partial charge in [-0.15, -0.1) is 0 Å². The van der Waals surface area contributed by atoms with E-state index in [1.54, 1.807) is 18.1 Å². The van der Waals surface area contributed by atoms with Crippen LogP contribution in [0.25, 0.3) is 0 Å². The van der Waals surface area contributed by atoms with Crippen LogP contribution in [-0.4, -0.2) is 20.7 Å². The van der Waals surface area contributed by atoms with Crippen molar-refractivity contribution in [1.29, 1.82) is 5.26 Å². The third-order valence-corrected chi connectivity index (χ3v) is 3.16. The van der Waals surface area contributed by atoms with E-state index in [4.69, 9.17) is 5.26 Å². The lowest BCUT2D eigenvalue weighted by Gasteiger charge is -2.18. The lowest BCUT2D eigenvalue weighted by atomic mass is 9.87. The minimum atomic E-state index is -0.825. The Labute approximate surface area is 99.6 Å². The van der Waals surface area contributed by atoms with Crippen LogP contribution in [0.1, 0.15) is 31.5 Å². The molecule has 0 radical (unpaired) electrons. The summed E-state index contributed by atoms with van der Waals surface area (Å²) < 4.78 is 1.58. The molecule has 1 N–H and O–H groups in total. The Kier molecular flexibility index (Phi) is 3.09. The molecule has 1 aromatic heterocycles. The number of nitrogens with zero attached hydrogens (tertiary/aromatic N) is 4. The van der Waals surface area contributed by atoms with Gasteiger partial charge in [-0.3, -0.25) is 9.48 Å². The van der Waals surface area contributed by atoms with Gasteiger partial charge in [0.2, 0.25) is 5.91 Å². The van der Waals surface area contributed by atoms with Crippen molar-refractivity contribution in [2.75, 3.05) is 0 Å². The number of amides is 1. The molecule has 1 aliphatic carbocycles. The summed E-state index contributed by atoms with van der Waals surface area (Å²) in [4.78, 5) is 16.0. The summed E-state index contributed by atoms with van der Waals surface area (Å²) in [5, 5.41) is 16.0. The van der Waals surface area contributed by atoms with E-state index in [9.17, 15) is 4.79 Å². The zero-order valence-corrected chi connectivity index (χ0v) is 9.81. The molecule has 90 valence electrons. The van der Waals surface area contributed by atoms with Gasteiger partial charge in [0.05, 0.1) is 12.6 Å². The van der Waals surface area contributed by atoms with Gasteiger partial charge in [-0.1, -0.05) is 12.8 Å². The zero-order valence-electron chi connectivity index (χ0n) is 9.81. The van der Waals surface area contributed by atoms with Gasteiger partial charge in [0.15, 0.2) is 5.82 Å². The molecule has 1 fully saturated rings. The summed E-state index contributed by atoms with van der Waals surface area (Å²) in [5.74, 6) is 0.372. The standard InChI is InChI=1S/C11H15N5O/c1-16-8-14-9(15-16)6-13-10(17)11(7-12)4-2-3-5-11/h8H,2-6H2,1H3,(H,13,17). The lowest BCUT2D eigenvalue weighted by molar-refractivity contribution is -0.128. The number of carbonyl (C=O) groups is 1. The second-order valence-corrected chi connectivity index (χ2v) is 4.42. The van der Waals surface area contributed by atoms with Crippen molar-refractivity contribution < 1.29 is 4.79 Å². The van der Waals surface area contributed by atoms with Gasteiger partial charge < -0.3 is 5.32 Å². The largest absolute Gasteiger partial charge is 0.347 e. The lowest BCUT2D eigenvalue weighted by Crippen LogP contribution is -2.38. The molecule has 0 aromatic carbocycles. The number of nitriles is 1. The molecule has 0 aliphatic heterocycles. The smallest absolute Gasteiger partial charge is 0.240 e. The average molecular weight is 233 g/mol. The van der Waals surface area contributed by atoms with Crippen molar-refractivity contribution >= 4 is 5.91 Å². The third kappa shape index (κ3) is 2.28. The maximum absolute atomic E-state index is 12.0. The van der Waals surface area contributed by atoms with Crippen LogP contribution in [0.4, 0.5) is 0 Å². The fourth-order valence-electron chi connectivity index (χ4n) is 2.16. The molecule has 6 nitrogen and oxygen atoms in total. The van der Waals surface area contributed by atoms with Gasteiger partial charge >= 0.3 is 0 Å².